The van der Waals surface area contributed by atoms with Crippen LogP contribution in [0.4, 0.5) is 27.2 Å². The van der Waals surface area contributed by atoms with Crippen molar-refractivity contribution in [3.8, 4) is 0 Å². The minimum atomic E-state index is 0.646. The number of thiophene rings is 1. The number of nitrogens with zero attached hydrogens (tertiary/aromatic N) is 6. The molecule has 0 fully saturated rings. The Hall–Kier alpha value is -3.49. The molecule has 212 valence electrons. The summed E-state index contributed by atoms with van der Waals surface area (Å²) in [6.45, 7) is 8.55. The van der Waals surface area contributed by atoms with Gasteiger partial charge in [-0.25, -0.2) is 4.98 Å². The van der Waals surface area contributed by atoms with Crippen LogP contribution in [-0.2, 0) is 6.42 Å². The fourth-order valence-electron chi connectivity index (χ4n) is 5.04. The topological polar surface area (TPSA) is 65.6 Å². The second kappa shape index (κ2) is 14.4. The molecule has 0 radical (unpaired) electrons. The van der Waals surface area contributed by atoms with Crippen LogP contribution in [0.5, 0.6) is 0 Å². The van der Waals surface area contributed by atoms with Gasteiger partial charge in [0.1, 0.15) is 9.83 Å². The summed E-state index contributed by atoms with van der Waals surface area (Å²) in [5.41, 5.74) is 4.32. The van der Waals surface area contributed by atoms with Gasteiger partial charge in [-0.2, -0.15) is 0 Å². The predicted octanol–water partition coefficient (Wildman–Crippen LogP) is 12.1. The molecule has 0 atom stereocenters. The van der Waals surface area contributed by atoms with Crippen molar-refractivity contribution in [2.45, 2.75) is 65.7 Å². The van der Waals surface area contributed by atoms with Gasteiger partial charge in [-0.3, -0.25) is 0 Å². The van der Waals surface area contributed by atoms with Crippen molar-refractivity contribution in [1.29, 1.82) is 0 Å². The van der Waals surface area contributed by atoms with Gasteiger partial charge >= 0.3 is 0 Å². The Morgan fingerprint density at radius 3 is 2.22 bits per heavy atom. The van der Waals surface area contributed by atoms with E-state index in [0.717, 1.165) is 50.8 Å². The number of fused-ring (bicyclic) bond motifs is 2. The monoisotopic (exact) mass is 582 g/mol. The van der Waals surface area contributed by atoms with Gasteiger partial charge in [-0.05, 0) is 62.6 Å². The maximum absolute atomic E-state index is 4.69. The molecule has 8 heteroatoms. The molecule has 3 aromatic carbocycles. The highest BCUT2D eigenvalue weighted by Gasteiger charge is 2.11. The summed E-state index contributed by atoms with van der Waals surface area (Å²) in [7, 11) is 0. The van der Waals surface area contributed by atoms with Gasteiger partial charge in [0.15, 0.2) is 0 Å². The van der Waals surface area contributed by atoms with E-state index in [2.05, 4.69) is 106 Å². The van der Waals surface area contributed by atoms with Crippen molar-refractivity contribution in [2.75, 3.05) is 18.0 Å². The Morgan fingerprint density at radius 2 is 1.46 bits per heavy atom. The second-order valence-electron chi connectivity index (χ2n) is 10.2. The molecule has 0 amide bonds. The summed E-state index contributed by atoms with van der Waals surface area (Å²) in [5.74, 6) is 0. The molecule has 0 saturated carbocycles. The number of hydrogen-bond acceptors (Lipinski definition) is 8. The average Bonchev–Trinajstić information content (AvgIpc) is 3.57. The molecule has 0 unspecified atom stereocenters. The van der Waals surface area contributed by atoms with Crippen molar-refractivity contribution in [3.05, 3.63) is 72.3 Å². The molecule has 0 aliphatic rings. The minimum absolute atomic E-state index is 0.646. The number of anilines is 1. The highest BCUT2D eigenvalue weighted by molar-refractivity contribution is 7.30. The Kier molecular flexibility index (Phi) is 10.2. The van der Waals surface area contributed by atoms with Crippen LogP contribution >= 0.6 is 22.7 Å². The molecule has 0 saturated heterocycles. The molecule has 6 nitrogen and oxygen atoms in total. The lowest BCUT2D eigenvalue weighted by Crippen LogP contribution is -2.21. The summed E-state index contributed by atoms with van der Waals surface area (Å²) in [6.07, 6.45) is 9.07. The first-order chi connectivity index (χ1) is 20.2. The Labute approximate surface area is 250 Å². The highest BCUT2D eigenvalue weighted by Crippen LogP contribution is 2.40. The van der Waals surface area contributed by atoms with Crippen LogP contribution in [0.25, 0.3) is 20.3 Å². The van der Waals surface area contributed by atoms with Crippen molar-refractivity contribution in [1.82, 2.24) is 4.98 Å². The molecule has 0 spiro atoms. The van der Waals surface area contributed by atoms with Crippen LogP contribution in [0, 0.1) is 0 Å². The van der Waals surface area contributed by atoms with Crippen LogP contribution in [0.1, 0.15) is 64.9 Å². The standard InChI is InChI=1S/C33H38N6S2/c1-4-7-8-9-10-11-14-24-17-19-25(20-18-24)35-37-31-23-30-32(41-31)34-33(40-30)38-36-28-21-22-29(39(5-2)6-3)27-16-13-12-15-26(27)28/h12-13,15-23H,4-11,14H2,1-3H3. The summed E-state index contributed by atoms with van der Waals surface area (Å²) in [5, 5.41) is 21.8. The molecule has 0 aliphatic heterocycles. The smallest absolute Gasteiger partial charge is 0.231 e. The third-order valence-corrected chi connectivity index (χ3v) is 9.24. The molecular weight excluding hydrogens is 545 g/mol. The molecular formula is C33H38N6S2. The number of rotatable bonds is 14. The zero-order valence-corrected chi connectivity index (χ0v) is 25.8. The van der Waals surface area contributed by atoms with Crippen LogP contribution in [0.2, 0.25) is 0 Å². The van der Waals surface area contributed by atoms with E-state index in [-0.39, 0.29) is 0 Å². The quantitative estimate of drug-likeness (QED) is 0.0965. The zero-order chi connectivity index (χ0) is 28.4. The number of thiazole rings is 1. The van der Waals surface area contributed by atoms with E-state index >= 15 is 0 Å². The normalized spacial score (nSPS) is 12.0. The van der Waals surface area contributed by atoms with Gasteiger partial charge in [0, 0.05) is 29.5 Å². The predicted molar refractivity (Wildman–Crippen MR) is 177 cm³/mol. The van der Waals surface area contributed by atoms with Gasteiger partial charge in [-0.1, -0.05) is 98.1 Å². The number of aryl methyl sites for hydroxylation is 1. The van der Waals surface area contributed by atoms with Gasteiger partial charge in [0.2, 0.25) is 5.13 Å². The number of benzene rings is 3. The maximum Gasteiger partial charge on any atom is 0.231 e. The lowest BCUT2D eigenvalue weighted by atomic mass is 10.0. The lowest BCUT2D eigenvalue weighted by Gasteiger charge is -2.23. The van der Waals surface area contributed by atoms with Gasteiger partial charge in [-0.15, -0.1) is 20.5 Å². The summed E-state index contributed by atoms with van der Waals surface area (Å²) in [4.78, 5) is 7.96. The first kappa shape index (κ1) is 29.0. The molecule has 0 N–H and O–H groups in total. The Morgan fingerprint density at radius 1 is 0.707 bits per heavy atom. The number of hydrogen-bond donors (Lipinski definition) is 0. The minimum Gasteiger partial charge on any atom is -0.372 e. The maximum atomic E-state index is 4.69. The highest BCUT2D eigenvalue weighted by atomic mass is 32.1. The van der Waals surface area contributed by atoms with Gasteiger partial charge in [0.25, 0.3) is 0 Å². The van der Waals surface area contributed by atoms with Crippen LogP contribution in [0.3, 0.4) is 0 Å². The molecule has 2 heterocycles. The van der Waals surface area contributed by atoms with E-state index in [4.69, 9.17) is 0 Å². The number of unbranched alkanes of at least 4 members (excludes halogenated alkanes) is 5. The molecule has 0 aliphatic carbocycles. The molecule has 5 aromatic rings. The number of azo groups is 2. The lowest BCUT2D eigenvalue weighted by molar-refractivity contribution is 0.607. The van der Waals surface area contributed by atoms with Crippen molar-refractivity contribution in [2.24, 2.45) is 20.5 Å². The summed E-state index contributed by atoms with van der Waals surface area (Å²) >= 11 is 3.05. The third-order valence-electron chi connectivity index (χ3n) is 7.31. The van der Waals surface area contributed by atoms with E-state index in [1.54, 1.807) is 0 Å². The number of aromatic nitrogens is 1. The van der Waals surface area contributed by atoms with Crippen molar-refractivity contribution >= 4 is 70.2 Å². The van der Waals surface area contributed by atoms with E-state index in [1.807, 2.05) is 12.1 Å². The van der Waals surface area contributed by atoms with E-state index in [0.29, 0.717) is 5.13 Å². The second-order valence-corrected chi connectivity index (χ2v) is 12.2. The first-order valence-electron chi connectivity index (χ1n) is 14.8. The zero-order valence-electron chi connectivity index (χ0n) is 24.2. The fourth-order valence-corrected chi connectivity index (χ4v) is 6.89. The molecule has 0 bridgehead atoms. The average molecular weight is 583 g/mol. The summed E-state index contributed by atoms with van der Waals surface area (Å²) < 4.78 is 1.05. The van der Waals surface area contributed by atoms with E-state index < -0.39 is 0 Å². The largest absolute Gasteiger partial charge is 0.372 e. The van der Waals surface area contributed by atoms with Crippen LogP contribution in [0.15, 0.2) is 87.2 Å². The van der Waals surface area contributed by atoms with Crippen molar-refractivity contribution < 1.29 is 0 Å². The SMILES string of the molecule is CCCCCCCCc1ccc(N=Nc2cc3sc(N=Nc4ccc(N(CC)CC)c5ccccc45)nc3s2)cc1. The van der Waals surface area contributed by atoms with E-state index in [9.17, 15) is 0 Å². The molecule has 2 aromatic heterocycles. The summed E-state index contributed by atoms with van der Waals surface area (Å²) in [6, 6.07) is 23.1. The van der Waals surface area contributed by atoms with Crippen molar-refractivity contribution in [3.63, 3.8) is 0 Å². The van der Waals surface area contributed by atoms with Gasteiger partial charge < -0.3 is 4.90 Å². The van der Waals surface area contributed by atoms with Crippen LogP contribution < -0.4 is 4.90 Å². The molecule has 41 heavy (non-hydrogen) atoms. The Bertz CT molecular complexity index is 1580. The Balaban J connectivity index is 1.22. The fraction of sp³-hybridized carbons (Fsp3) is 0.364. The van der Waals surface area contributed by atoms with Crippen LogP contribution in [-0.4, -0.2) is 18.1 Å². The first-order valence-corrected chi connectivity index (χ1v) is 16.4. The molecule has 5 rings (SSSR count). The third kappa shape index (κ3) is 7.43. The van der Waals surface area contributed by atoms with E-state index in [1.165, 1.54) is 77.8 Å². The van der Waals surface area contributed by atoms with Gasteiger partial charge in [0.05, 0.1) is 16.1 Å².